The zero-order valence-corrected chi connectivity index (χ0v) is 12.7. The Bertz CT molecular complexity index is 957. The van der Waals surface area contributed by atoms with E-state index in [-0.39, 0.29) is 17.2 Å². The molecule has 118 valence electrons. The average Bonchev–Trinajstić information content (AvgIpc) is 3.09. The van der Waals surface area contributed by atoms with Crippen LogP contribution in [0.25, 0.3) is 11.0 Å². The van der Waals surface area contributed by atoms with Gasteiger partial charge >= 0.3 is 0 Å². The van der Waals surface area contributed by atoms with E-state index in [2.05, 4.69) is 20.6 Å². The number of nitrogens with one attached hydrogen (secondary N) is 1. The van der Waals surface area contributed by atoms with Gasteiger partial charge in [0.1, 0.15) is 18.3 Å². The van der Waals surface area contributed by atoms with E-state index in [1.54, 1.807) is 13.1 Å². The monoisotopic (exact) mass is 334 g/mol. The fourth-order valence-corrected chi connectivity index (χ4v) is 2.54. The Kier molecular flexibility index (Phi) is 3.98. The summed E-state index contributed by atoms with van der Waals surface area (Å²) in [6, 6.07) is 2.85. The van der Waals surface area contributed by atoms with Crippen molar-refractivity contribution in [2.24, 2.45) is 12.1 Å². The summed E-state index contributed by atoms with van der Waals surface area (Å²) >= 11 is 0.908. The molecule has 1 amide bonds. The van der Waals surface area contributed by atoms with Crippen molar-refractivity contribution in [1.82, 2.24) is 24.8 Å². The van der Waals surface area contributed by atoms with E-state index in [0.717, 1.165) is 11.3 Å². The van der Waals surface area contributed by atoms with Crippen molar-refractivity contribution in [2.45, 2.75) is 6.54 Å². The highest BCUT2D eigenvalue weighted by Crippen LogP contribution is 2.11. The topological polar surface area (TPSA) is 94.2 Å². The predicted octanol–water partition coefficient (Wildman–Crippen LogP) is 0.481. The summed E-state index contributed by atoms with van der Waals surface area (Å²) in [6.45, 7) is -0.229. The maximum Gasteiger partial charge on any atom is 0.264 e. The fourth-order valence-electron chi connectivity index (χ4n) is 1.93. The predicted molar refractivity (Wildman–Crippen MR) is 82.8 cm³/mol. The molecule has 0 saturated carbocycles. The number of rotatable bonds is 4. The van der Waals surface area contributed by atoms with Gasteiger partial charge in [-0.2, -0.15) is 14.6 Å². The van der Waals surface area contributed by atoms with Crippen molar-refractivity contribution >= 4 is 34.5 Å². The zero-order chi connectivity index (χ0) is 16.4. The number of aromatic nitrogens is 4. The molecule has 23 heavy (non-hydrogen) atoms. The van der Waals surface area contributed by atoms with E-state index in [4.69, 9.17) is 0 Å². The molecule has 3 aromatic heterocycles. The lowest BCUT2D eigenvalue weighted by atomic mass is 10.4. The molecule has 1 N–H and O–H groups in total. The molecular weight excluding hydrogens is 323 g/mol. The van der Waals surface area contributed by atoms with E-state index in [9.17, 15) is 14.0 Å². The second-order valence-corrected chi connectivity index (χ2v) is 5.68. The van der Waals surface area contributed by atoms with E-state index in [1.165, 1.54) is 34.1 Å². The van der Waals surface area contributed by atoms with E-state index in [0.29, 0.717) is 15.9 Å². The van der Waals surface area contributed by atoms with Gasteiger partial charge in [0.05, 0.1) is 17.3 Å². The van der Waals surface area contributed by atoms with Gasteiger partial charge in [0.15, 0.2) is 10.8 Å². The van der Waals surface area contributed by atoms with Crippen LogP contribution in [0.15, 0.2) is 34.6 Å². The van der Waals surface area contributed by atoms with Crippen LogP contribution in [-0.4, -0.2) is 31.5 Å². The molecule has 3 rings (SSSR count). The van der Waals surface area contributed by atoms with Gasteiger partial charge < -0.3 is 0 Å². The quantitative estimate of drug-likeness (QED) is 0.555. The summed E-state index contributed by atoms with van der Waals surface area (Å²) in [5, 5.41) is 7.66. The molecule has 0 spiro atoms. The second-order valence-electron chi connectivity index (χ2n) is 4.62. The van der Waals surface area contributed by atoms with Crippen molar-refractivity contribution in [3.63, 3.8) is 0 Å². The van der Waals surface area contributed by atoms with Crippen molar-refractivity contribution in [3.05, 3.63) is 45.0 Å². The number of thiophene rings is 1. The molecule has 0 bridgehead atoms. The maximum atomic E-state index is 12.8. The minimum atomic E-state index is -0.495. The number of amides is 1. The lowest BCUT2D eigenvalue weighted by Gasteiger charge is -2.03. The van der Waals surface area contributed by atoms with Gasteiger partial charge in [0, 0.05) is 7.05 Å². The first-order valence-electron chi connectivity index (χ1n) is 6.49. The third-order valence-corrected chi connectivity index (χ3v) is 3.82. The molecule has 3 aromatic rings. The van der Waals surface area contributed by atoms with E-state index < -0.39 is 5.91 Å². The number of hydrazone groups is 1. The molecule has 0 aliphatic rings. The highest BCUT2D eigenvalue weighted by molar-refractivity contribution is 7.12. The first-order chi connectivity index (χ1) is 11.0. The Morgan fingerprint density at radius 3 is 3.09 bits per heavy atom. The summed E-state index contributed by atoms with van der Waals surface area (Å²) < 4.78 is 15.4. The van der Waals surface area contributed by atoms with E-state index >= 15 is 0 Å². The first-order valence-corrected chi connectivity index (χ1v) is 7.30. The highest BCUT2D eigenvalue weighted by atomic mass is 32.1. The molecule has 0 radical (unpaired) electrons. The van der Waals surface area contributed by atoms with Gasteiger partial charge in [-0.3, -0.25) is 18.8 Å². The normalized spacial score (nSPS) is 11.4. The number of aryl methyl sites for hydroxylation is 1. The van der Waals surface area contributed by atoms with E-state index in [1.807, 2.05) is 0 Å². The van der Waals surface area contributed by atoms with Gasteiger partial charge in [0.25, 0.3) is 11.5 Å². The number of hydrogen-bond acceptors (Lipinski definition) is 6. The number of carbonyl (C=O) groups excluding carboxylic acids is 1. The Labute approximate surface area is 132 Å². The number of fused-ring (bicyclic) bond motifs is 1. The molecule has 0 aliphatic carbocycles. The largest absolute Gasteiger partial charge is 0.289 e. The minimum absolute atomic E-state index is 0.229. The third kappa shape index (κ3) is 3.16. The zero-order valence-electron chi connectivity index (χ0n) is 11.9. The number of nitrogens with zero attached hydrogens (tertiary/aromatic N) is 5. The van der Waals surface area contributed by atoms with Crippen molar-refractivity contribution in [2.75, 3.05) is 0 Å². The summed E-state index contributed by atoms with van der Waals surface area (Å²) in [5.74, 6) is -0.495. The van der Waals surface area contributed by atoms with Crippen molar-refractivity contribution in [3.8, 4) is 0 Å². The second kappa shape index (κ2) is 6.08. The van der Waals surface area contributed by atoms with Crippen LogP contribution >= 0.6 is 11.3 Å². The van der Waals surface area contributed by atoms with Gasteiger partial charge in [-0.15, -0.1) is 11.3 Å². The summed E-state index contributed by atoms with van der Waals surface area (Å²) in [7, 11) is 1.67. The van der Waals surface area contributed by atoms with Crippen LogP contribution in [0.4, 0.5) is 4.39 Å². The molecule has 0 atom stereocenters. The molecule has 0 unspecified atom stereocenters. The van der Waals surface area contributed by atoms with Gasteiger partial charge in [-0.05, 0) is 12.1 Å². The molecule has 10 heteroatoms. The summed E-state index contributed by atoms with van der Waals surface area (Å²) in [6.07, 6.45) is 4.02. The number of halogens is 1. The van der Waals surface area contributed by atoms with Crippen LogP contribution in [0, 0.1) is 5.13 Å². The van der Waals surface area contributed by atoms with Gasteiger partial charge in [-0.25, -0.2) is 10.4 Å². The van der Waals surface area contributed by atoms with Crippen molar-refractivity contribution in [1.29, 1.82) is 0 Å². The van der Waals surface area contributed by atoms with Crippen LogP contribution in [0.3, 0.4) is 0 Å². The third-order valence-electron chi connectivity index (χ3n) is 3.01. The smallest absolute Gasteiger partial charge is 0.264 e. The Hall–Kier alpha value is -2.88. The molecule has 3 heterocycles. The SMILES string of the molecule is Cn1ncc2c(=O)n(CC(=O)N/N=C/c3ccc(F)s3)cnc21. The molecule has 0 fully saturated rings. The van der Waals surface area contributed by atoms with Crippen LogP contribution in [0.2, 0.25) is 0 Å². The summed E-state index contributed by atoms with van der Waals surface area (Å²) in [4.78, 5) is 28.6. The molecule has 0 aromatic carbocycles. The minimum Gasteiger partial charge on any atom is -0.289 e. The number of carbonyl (C=O) groups is 1. The molecular formula is C13H11FN6O2S. The Morgan fingerprint density at radius 2 is 2.35 bits per heavy atom. The van der Waals surface area contributed by atoms with Crippen LogP contribution in [-0.2, 0) is 18.4 Å². The highest BCUT2D eigenvalue weighted by Gasteiger charge is 2.10. The number of hydrogen-bond donors (Lipinski definition) is 1. The average molecular weight is 334 g/mol. The fraction of sp³-hybridized carbons (Fsp3) is 0.154. The van der Waals surface area contributed by atoms with Gasteiger partial charge in [0.2, 0.25) is 0 Å². The Morgan fingerprint density at radius 1 is 1.52 bits per heavy atom. The lowest BCUT2D eigenvalue weighted by molar-refractivity contribution is -0.121. The Balaban J connectivity index is 1.69. The molecule has 0 aliphatic heterocycles. The van der Waals surface area contributed by atoms with Crippen LogP contribution < -0.4 is 11.0 Å². The standard InChI is InChI=1S/C13H11FN6O2S/c1-19-12-9(5-17-19)13(22)20(7-15-12)6-11(21)18-16-4-8-2-3-10(14)23-8/h2-5,7H,6H2,1H3,(H,18,21)/b16-4+. The molecule has 8 nitrogen and oxygen atoms in total. The van der Waals surface area contributed by atoms with Crippen LogP contribution in [0.5, 0.6) is 0 Å². The van der Waals surface area contributed by atoms with Crippen LogP contribution in [0.1, 0.15) is 4.88 Å². The first kappa shape index (κ1) is 15.0. The summed E-state index contributed by atoms with van der Waals surface area (Å²) in [5.41, 5.74) is 2.37. The maximum absolute atomic E-state index is 12.8. The van der Waals surface area contributed by atoms with Gasteiger partial charge in [-0.1, -0.05) is 0 Å². The lowest BCUT2D eigenvalue weighted by Crippen LogP contribution is -2.30. The van der Waals surface area contributed by atoms with Crippen molar-refractivity contribution < 1.29 is 9.18 Å². The molecule has 0 saturated heterocycles.